The molecule has 1 N–H and O–H groups in total. The number of carbonyl (C=O) groups is 1. The van der Waals surface area contributed by atoms with Crippen LogP contribution in [0.5, 0.6) is 5.75 Å². The van der Waals surface area contributed by atoms with Gasteiger partial charge in [-0.05, 0) is 50.1 Å². The summed E-state index contributed by atoms with van der Waals surface area (Å²) >= 11 is 0. The van der Waals surface area contributed by atoms with E-state index in [1.165, 1.54) is 12.1 Å². The molecule has 116 valence electrons. The third-order valence-corrected chi connectivity index (χ3v) is 3.83. The molecule has 0 aromatic heterocycles. The number of carboxylic acids is 1. The fraction of sp³-hybridized carbons (Fsp3) is 0.562. The van der Waals surface area contributed by atoms with Crippen LogP contribution in [-0.4, -0.2) is 41.7 Å². The van der Waals surface area contributed by atoms with Crippen LogP contribution in [0.1, 0.15) is 32.1 Å². The van der Waals surface area contributed by atoms with Crippen molar-refractivity contribution < 1.29 is 19.0 Å². The standard InChI is InChI=1S/C16H22FNO3/c17-13-5-7-15(8-6-13)21-11-3-10-18-9-2-1-4-14(18)12-16(19)20/h5-8,14H,1-4,9-12H2,(H,19,20). The zero-order chi connectivity index (χ0) is 15.1. The van der Waals surface area contributed by atoms with E-state index in [0.717, 1.165) is 38.8 Å². The summed E-state index contributed by atoms with van der Waals surface area (Å²) in [5, 5.41) is 8.94. The van der Waals surface area contributed by atoms with Gasteiger partial charge in [-0.3, -0.25) is 9.69 Å². The molecule has 21 heavy (non-hydrogen) atoms. The summed E-state index contributed by atoms with van der Waals surface area (Å²) in [5.41, 5.74) is 0. The van der Waals surface area contributed by atoms with Gasteiger partial charge in [0.1, 0.15) is 11.6 Å². The largest absolute Gasteiger partial charge is 0.494 e. The summed E-state index contributed by atoms with van der Waals surface area (Å²) in [4.78, 5) is 13.1. The van der Waals surface area contributed by atoms with Crippen molar-refractivity contribution >= 4 is 5.97 Å². The van der Waals surface area contributed by atoms with E-state index >= 15 is 0 Å². The van der Waals surface area contributed by atoms with Gasteiger partial charge in [-0.25, -0.2) is 4.39 Å². The van der Waals surface area contributed by atoms with Gasteiger partial charge in [-0.2, -0.15) is 0 Å². The highest BCUT2D eigenvalue weighted by Gasteiger charge is 2.23. The molecule has 1 heterocycles. The fourth-order valence-electron chi connectivity index (χ4n) is 2.78. The van der Waals surface area contributed by atoms with Gasteiger partial charge in [0, 0.05) is 12.6 Å². The van der Waals surface area contributed by atoms with Crippen molar-refractivity contribution in [1.82, 2.24) is 4.90 Å². The number of piperidine rings is 1. The molecule has 0 bridgehead atoms. The Morgan fingerprint density at radius 1 is 1.33 bits per heavy atom. The van der Waals surface area contributed by atoms with Crippen LogP contribution in [-0.2, 0) is 4.79 Å². The van der Waals surface area contributed by atoms with E-state index in [1.807, 2.05) is 0 Å². The highest BCUT2D eigenvalue weighted by Crippen LogP contribution is 2.20. The van der Waals surface area contributed by atoms with E-state index in [0.29, 0.717) is 12.4 Å². The number of hydrogen-bond acceptors (Lipinski definition) is 3. The zero-order valence-electron chi connectivity index (χ0n) is 12.1. The van der Waals surface area contributed by atoms with Gasteiger partial charge in [-0.1, -0.05) is 6.42 Å². The van der Waals surface area contributed by atoms with Crippen molar-refractivity contribution in [3.05, 3.63) is 30.1 Å². The highest BCUT2D eigenvalue weighted by atomic mass is 19.1. The minimum atomic E-state index is -0.727. The van der Waals surface area contributed by atoms with Crippen molar-refractivity contribution in [3.8, 4) is 5.75 Å². The van der Waals surface area contributed by atoms with Crippen molar-refractivity contribution in [3.63, 3.8) is 0 Å². The molecule has 1 aliphatic rings. The number of ether oxygens (including phenoxy) is 1. The number of likely N-dealkylation sites (tertiary alicyclic amines) is 1. The van der Waals surface area contributed by atoms with E-state index in [4.69, 9.17) is 9.84 Å². The summed E-state index contributed by atoms with van der Waals surface area (Å²) in [7, 11) is 0. The summed E-state index contributed by atoms with van der Waals surface area (Å²) in [6, 6.07) is 6.14. The fourth-order valence-corrected chi connectivity index (χ4v) is 2.78. The molecule has 4 nitrogen and oxygen atoms in total. The summed E-state index contributed by atoms with van der Waals surface area (Å²) in [6.07, 6.45) is 4.27. The lowest BCUT2D eigenvalue weighted by molar-refractivity contribution is -0.138. The number of aliphatic carboxylic acids is 1. The van der Waals surface area contributed by atoms with Crippen LogP contribution in [0.3, 0.4) is 0 Å². The average Bonchev–Trinajstić information content (AvgIpc) is 2.46. The zero-order valence-corrected chi connectivity index (χ0v) is 12.1. The quantitative estimate of drug-likeness (QED) is 0.786. The third kappa shape index (κ3) is 5.34. The van der Waals surface area contributed by atoms with Gasteiger partial charge < -0.3 is 9.84 Å². The molecule has 1 fully saturated rings. The first kappa shape index (κ1) is 15.8. The molecule has 0 amide bonds. The number of halogens is 1. The van der Waals surface area contributed by atoms with Crippen LogP contribution < -0.4 is 4.74 Å². The molecule has 1 aromatic carbocycles. The first-order valence-corrected chi connectivity index (χ1v) is 7.49. The number of nitrogens with zero attached hydrogens (tertiary/aromatic N) is 1. The molecule has 1 saturated heterocycles. The van der Waals surface area contributed by atoms with Crippen LogP contribution in [0.4, 0.5) is 4.39 Å². The lowest BCUT2D eigenvalue weighted by Crippen LogP contribution is -2.41. The normalized spacial score (nSPS) is 19.4. The Morgan fingerprint density at radius 2 is 2.10 bits per heavy atom. The van der Waals surface area contributed by atoms with Crippen molar-refractivity contribution in [2.45, 2.75) is 38.1 Å². The molecule has 0 spiro atoms. The predicted octanol–water partition coefficient (Wildman–Crippen LogP) is 2.92. The Kier molecular flexibility index (Phi) is 5.99. The smallest absolute Gasteiger partial charge is 0.304 e. The summed E-state index contributed by atoms with van der Waals surface area (Å²) < 4.78 is 18.3. The van der Waals surface area contributed by atoms with Gasteiger partial charge in [0.25, 0.3) is 0 Å². The van der Waals surface area contributed by atoms with E-state index < -0.39 is 5.97 Å². The van der Waals surface area contributed by atoms with Crippen molar-refractivity contribution in [2.75, 3.05) is 19.7 Å². The topological polar surface area (TPSA) is 49.8 Å². The third-order valence-electron chi connectivity index (χ3n) is 3.83. The SMILES string of the molecule is O=C(O)CC1CCCCN1CCCOc1ccc(F)cc1. The molecule has 0 radical (unpaired) electrons. The lowest BCUT2D eigenvalue weighted by Gasteiger charge is -2.34. The van der Waals surface area contributed by atoms with Crippen molar-refractivity contribution in [1.29, 1.82) is 0 Å². The van der Waals surface area contributed by atoms with E-state index in [2.05, 4.69) is 4.90 Å². The van der Waals surface area contributed by atoms with Gasteiger partial charge >= 0.3 is 5.97 Å². The van der Waals surface area contributed by atoms with Crippen molar-refractivity contribution in [2.24, 2.45) is 0 Å². The van der Waals surface area contributed by atoms with Gasteiger partial charge in [0.2, 0.25) is 0 Å². The van der Waals surface area contributed by atoms with E-state index in [1.54, 1.807) is 12.1 Å². The minimum absolute atomic E-state index is 0.155. The van der Waals surface area contributed by atoms with Crippen LogP contribution in [0.15, 0.2) is 24.3 Å². The van der Waals surface area contributed by atoms with E-state index in [9.17, 15) is 9.18 Å². The van der Waals surface area contributed by atoms with E-state index in [-0.39, 0.29) is 18.3 Å². The van der Waals surface area contributed by atoms with Gasteiger partial charge in [0.15, 0.2) is 0 Å². The maximum Gasteiger partial charge on any atom is 0.304 e. The molecule has 0 saturated carbocycles. The Bertz CT molecular complexity index is 449. The number of hydrogen-bond donors (Lipinski definition) is 1. The van der Waals surface area contributed by atoms with Crippen LogP contribution in [0, 0.1) is 5.82 Å². The Labute approximate surface area is 124 Å². The molecule has 1 aromatic rings. The highest BCUT2D eigenvalue weighted by molar-refractivity contribution is 5.67. The van der Waals surface area contributed by atoms with Crippen LogP contribution in [0.25, 0.3) is 0 Å². The number of rotatable bonds is 7. The van der Waals surface area contributed by atoms with Gasteiger partial charge in [0.05, 0.1) is 13.0 Å². The summed E-state index contributed by atoms with van der Waals surface area (Å²) in [5.74, 6) is -0.334. The first-order chi connectivity index (χ1) is 10.1. The molecule has 1 unspecified atom stereocenters. The van der Waals surface area contributed by atoms with Crippen LogP contribution in [0.2, 0.25) is 0 Å². The maximum atomic E-state index is 12.8. The number of benzene rings is 1. The Balaban J connectivity index is 1.71. The molecule has 2 rings (SSSR count). The molecule has 1 aliphatic heterocycles. The molecule has 1 atom stereocenters. The average molecular weight is 295 g/mol. The molecule has 5 heteroatoms. The maximum absolute atomic E-state index is 12.8. The molecular weight excluding hydrogens is 273 g/mol. The molecular formula is C16H22FNO3. The second-order valence-electron chi connectivity index (χ2n) is 5.44. The summed E-state index contributed by atoms with van der Waals surface area (Å²) in [6.45, 7) is 2.37. The predicted molar refractivity (Wildman–Crippen MR) is 78.0 cm³/mol. The molecule has 0 aliphatic carbocycles. The lowest BCUT2D eigenvalue weighted by atomic mass is 9.99. The Morgan fingerprint density at radius 3 is 2.81 bits per heavy atom. The minimum Gasteiger partial charge on any atom is -0.494 e. The Hall–Kier alpha value is -1.62. The number of carboxylic acid groups (broad SMARTS) is 1. The van der Waals surface area contributed by atoms with Crippen LogP contribution >= 0.6 is 0 Å². The monoisotopic (exact) mass is 295 g/mol. The second kappa shape index (κ2) is 7.98. The first-order valence-electron chi connectivity index (χ1n) is 7.49. The second-order valence-corrected chi connectivity index (χ2v) is 5.44. The van der Waals surface area contributed by atoms with Gasteiger partial charge in [-0.15, -0.1) is 0 Å².